The number of carbonyl (C=O) groups excluding carboxylic acids is 1. The average Bonchev–Trinajstić information content (AvgIpc) is 2.97. The van der Waals surface area contributed by atoms with Crippen molar-refractivity contribution in [2.45, 2.75) is 26.9 Å². The van der Waals surface area contributed by atoms with Crippen LogP contribution in [0.4, 0.5) is 4.39 Å². The van der Waals surface area contributed by atoms with Crippen LogP contribution in [0.15, 0.2) is 31.0 Å². The van der Waals surface area contributed by atoms with Gasteiger partial charge in [-0.15, -0.1) is 11.3 Å². The maximum absolute atomic E-state index is 14.0. The summed E-state index contributed by atoms with van der Waals surface area (Å²) < 4.78 is 25.9. The molecule has 28 heavy (non-hydrogen) atoms. The van der Waals surface area contributed by atoms with E-state index in [1.54, 1.807) is 13.0 Å². The van der Waals surface area contributed by atoms with Gasteiger partial charge in [0.25, 0.3) is 0 Å². The Labute approximate surface area is 165 Å². The first kappa shape index (κ1) is 18.4. The number of thiophene rings is 1. The van der Waals surface area contributed by atoms with Crippen LogP contribution in [-0.4, -0.2) is 12.0 Å². The van der Waals surface area contributed by atoms with Crippen molar-refractivity contribution in [2.24, 2.45) is 0 Å². The molecule has 2 aliphatic rings. The predicted molar refractivity (Wildman–Crippen MR) is 107 cm³/mol. The van der Waals surface area contributed by atoms with Crippen LogP contribution in [0, 0.1) is 6.92 Å². The number of fused-ring (bicyclic) bond motifs is 2. The van der Waals surface area contributed by atoms with Crippen molar-refractivity contribution < 1.29 is 23.7 Å². The van der Waals surface area contributed by atoms with Crippen LogP contribution < -0.4 is 20.3 Å². The van der Waals surface area contributed by atoms with Crippen LogP contribution in [0.3, 0.4) is 0 Å². The van der Waals surface area contributed by atoms with Crippen molar-refractivity contribution in [3.05, 3.63) is 68.1 Å². The molecular formula is C22H19FNO3S+. The van der Waals surface area contributed by atoms with Gasteiger partial charge in [0, 0.05) is 21.7 Å². The standard InChI is InChI=1S/C22H18FNO3S/c1-6-18-19(12(4)23)11(3)21(28-18)20-15-9-17-16(24-22(25)13(5)27-17)8-14(15)7-10(2)26-20/h6-9,13H,1,4H2,2-3,5H3/p+1. The van der Waals surface area contributed by atoms with E-state index in [1.807, 2.05) is 32.1 Å². The third-order valence-electron chi connectivity index (χ3n) is 4.79. The lowest BCUT2D eigenvalue weighted by molar-refractivity contribution is -0.429. The van der Waals surface area contributed by atoms with Crippen molar-refractivity contribution in [3.63, 3.8) is 0 Å². The molecule has 1 aromatic heterocycles. The highest BCUT2D eigenvalue weighted by Crippen LogP contribution is 2.38. The van der Waals surface area contributed by atoms with E-state index >= 15 is 0 Å². The van der Waals surface area contributed by atoms with Crippen LogP contribution in [-0.2, 0) is 9.53 Å². The van der Waals surface area contributed by atoms with Crippen LogP contribution in [0.1, 0.15) is 40.3 Å². The van der Waals surface area contributed by atoms with E-state index in [0.717, 1.165) is 21.2 Å². The summed E-state index contributed by atoms with van der Waals surface area (Å²) in [4.78, 5) is 16.3. The molecule has 0 spiro atoms. The number of benzene rings is 1. The van der Waals surface area contributed by atoms with Crippen molar-refractivity contribution in [1.82, 2.24) is 0 Å². The fourth-order valence-electron chi connectivity index (χ4n) is 3.45. The molecule has 2 aliphatic heterocycles. The second-order valence-electron chi connectivity index (χ2n) is 6.78. The first-order valence-corrected chi connectivity index (χ1v) is 9.61. The van der Waals surface area contributed by atoms with Gasteiger partial charge in [-0.25, -0.2) is 9.18 Å². The summed E-state index contributed by atoms with van der Waals surface area (Å²) in [7, 11) is 0. The second-order valence-corrected chi connectivity index (χ2v) is 7.83. The Hall–Kier alpha value is -2.99. The zero-order chi connectivity index (χ0) is 20.2. The number of allylic oxidation sites excluding steroid dienone is 1. The monoisotopic (exact) mass is 396 g/mol. The summed E-state index contributed by atoms with van der Waals surface area (Å²) >= 11 is 1.41. The van der Waals surface area contributed by atoms with Gasteiger partial charge in [0.1, 0.15) is 11.6 Å². The normalized spacial score (nSPS) is 17.6. The zero-order valence-electron chi connectivity index (χ0n) is 15.8. The molecule has 1 atom stereocenters. The molecule has 0 aliphatic carbocycles. The first-order valence-electron chi connectivity index (χ1n) is 8.80. The molecule has 2 aromatic rings. The van der Waals surface area contributed by atoms with Gasteiger partial charge in [0.2, 0.25) is 11.5 Å². The van der Waals surface area contributed by atoms with Crippen molar-refractivity contribution in [2.75, 3.05) is 0 Å². The fraction of sp³-hybridized carbons (Fsp3) is 0.182. The summed E-state index contributed by atoms with van der Waals surface area (Å²) in [5, 5.41) is 1.45. The molecule has 4 nitrogen and oxygen atoms in total. The summed E-state index contributed by atoms with van der Waals surface area (Å²) in [6.07, 6.45) is 2.95. The highest BCUT2D eigenvalue weighted by molar-refractivity contribution is 7.14. The number of halogens is 1. The Balaban J connectivity index is 2.04. The number of ether oxygens (including phenoxy) is 2. The largest absolute Gasteiger partial charge is 0.469 e. The number of nitrogens with one attached hydrogen (secondary N) is 1. The molecule has 4 rings (SSSR count). The quantitative estimate of drug-likeness (QED) is 0.865. The Morgan fingerprint density at radius 1 is 1.36 bits per heavy atom. The van der Waals surface area contributed by atoms with Crippen LogP contribution >= 0.6 is 11.3 Å². The molecule has 142 valence electrons. The van der Waals surface area contributed by atoms with Crippen molar-refractivity contribution in [1.29, 1.82) is 0 Å². The highest BCUT2D eigenvalue weighted by atomic mass is 32.1. The zero-order valence-corrected chi connectivity index (χ0v) is 16.6. The highest BCUT2D eigenvalue weighted by Gasteiger charge is 2.28. The number of carbonyl (C=O) groups is 1. The number of amides is 1. The molecule has 1 unspecified atom stereocenters. The minimum atomic E-state index is -0.576. The lowest BCUT2D eigenvalue weighted by atomic mass is 10.0. The lowest BCUT2D eigenvalue weighted by Crippen LogP contribution is -2.85. The van der Waals surface area contributed by atoms with Crippen LogP contribution in [0.2, 0.25) is 0 Å². The van der Waals surface area contributed by atoms with Crippen molar-refractivity contribution in [3.8, 4) is 5.75 Å². The Morgan fingerprint density at radius 2 is 2.11 bits per heavy atom. The van der Waals surface area contributed by atoms with Gasteiger partial charge in [0.15, 0.2) is 11.5 Å². The molecule has 1 aromatic carbocycles. The minimum absolute atomic E-state index is 0.180. The predicted octanol–water partition coefficient (Wildman–Crippen LogP) is 2.19. The van der Waals surface area contributed by atoms with Gasteiger partial charge >= 0.3 is 5.91 Å². The number of rotatable bonds is 3. The van der Waals surface area contributed by atoms with Crippen molar-refractivity contribution >= 4 is 41.0 Å². The maximum Gasteiger partial charge on any atom is 0.426 e. The molecule has 1 N–H and O–H groups in total. The van der Waals surface area contributed by atoms with E-state index in [9.17, 15) is 9.18 Å². The molecule has 0 saturated carbocycles. The van der Waals surface area contributed by atoms with E-state index in [4.69, 9.17) is 9.47 Å². The van der Waals surface area contributed by atoms with Gasteiger partial charge < -0.3 is 9.47 Å². The maximum atomic E-state index is 14.0. The molecule has 1 amide bonds. The Kier molecular flexibility index (Phi) is 4.31. The van der Waals surface area contributed by atoms with Gasteiger partial charge in [-0.2, -0.15) is 4.99 Å². The van der Waals surface area contributed by atoms with Gasteiger partial charge in [-0.3, -0.25) is 0 Å². The molecular weight excluding hydrogens is 377 g/mol. The third-order valence-corrected chi connectivity index (χ3v) is 6.07. The molecule has 0 bridgehead atoms. The summed E-state index contributed by atoms with van der Waals surface area (Å²) in [6.45, 7) is 12.6. The average molecular weight is 396 g/mol. The third kappa shape index (κ3) is 2.81. The second kappa shape index (κ2) is 6.56. The van der Waals surface area contributed by atoms with Gasteiger partial charge in [0.05, 0.1) is 4.88 Å². The molecule has 6 heteroatoms. The molecule has 3 heterocycles. The number of hydrogen-bond donors (Lipinski definition) is 1. The van der Waals surface area contributed by atoms with E-state index < -0.39 is 11.9 Å². The lowest BCUT2D eigenvalue weighted by Gasteiger charge is -2.18. The summed E-state index contributed by atoms with van der Waals surface area (Å²) in [6, 6.07) is 3.72. The number of hydrogen-bond acceptors (Lipinski definition) is 4. The summed E-state index contributed by atoms with van der Waals surface area (Å²) in [5.41, 5.74) is 2.10. The van der Waals surface area contributed by atoms with E-state index in [2.05, 4.69) is 18.2 Å². The molecule has 0 radical (unpaired) electrons. The Morgan fingerprint density at radius 3 is 2.75 bits per heavy atom. The molecule has 0 saturated heterocycles. The smallest absolute Gasteiger partial charge is 0.426 e. The SMILES string of the molecule is C=Cc1sc(C2=c3cc4c(cc3C=C(C)O2)=[NH+]C(=O)C(C)O4)c(C)c1C(=C)F. The Bertz CT molecular complexity index is 1220. The fourth-order valence-corrected chi connectivity index (χ4v) is 4.62. The van der Waals surface area contributed by atoms with Gasteiger partial charge in [-0.1, -0.05) is 19.2 Å². The van der Waals surface area contributed by atoms with Crippen LogP contribution in [0.25, 0.3) is 23.7 Å². The topological polar surface area (TPSA) is 49.5 Å². The van der Waals surface area contributed by atoms with E-state index in [0.29, 0.717) is 33.1 Å². The summed E-state index contributed by atoms with van der Waals surface area (Å²) in [5.74, 6) is 1.23. The van der Waals surface area contributed by atoms with E-state index in [1.165, 1.54) is 11.3 Å². The van der Waals surface area contributed by atoms with E-state index in [-0.39, 0.29) is 5.91 Å². The van der Waals surface area contributed by atoms with Gasteiger partial charge in [-0.05, 0) is 44.0 Å². The first-order chi connectivity index (χ1) is 13.3. The minimum Gasteiger partial charge on any atom is -0.469 e. The molecule has 0 fully saturated rings. The van der Waals surface area contributed by atoms with Crippen LogP contribution in [0.5, 0.6) is 5.75 Å².